The Kier molecular flexibility index (Phi) is 4.50. The van der Waals surface area contributed by atoms with Crippen LogP contribution in [0.3, 0.4) is 0 Å². The number of carboxylic acids is 1. The molecular weight excluding hydrogens is 274 g/mol. The van der Waals surface area contributed by atoms with Crippen molar-refractivity contribution in [2.75, 3.05) is 6.54 Å². The van der Waals surface area contributed by atoms with E-state index in [4.69, 9.17) is 9.52 Å². The number of hydrogen-bond donors (Lipinski definition) is 2. The van der Waals surface area contributed by atoms with Crippen molar-refractivity contribution in [3.05, 3.63) is 52.4 Å². The molecule has 2 rings (SSSR count). The molecule has 0 saturated carbocycles. The van der Waals surface area contributed by atoms with E-state index in [2.05, 4.69) is 5.32 Å². The van der Waals surface area contributed by atoms with Gasteiger partial charge >= 0.3 is 5.97 Å². The van der Waals surface area contributed by atoms with Gasteiger partial charge in [0.2, 0.25) is 5.91 Å². The number of carbonyl (C=O) groups excluding carboxylic acids is 1. The molecule has 0 aliphatic carbocycles. The van der Waals surface area contributed by atoms with Crippen molar-refractivity contribution in [3.8, 4) is 0 Å². The molecule has 0 unspecified atom stereocenters. The first-order valence-electron chi connectivity index (χ1n) is 6.26. The summed E-state index contributed by atoms with van der Waals surface area (Å²) in [4.78, 5) is 33.9. The second kappa shape index (κ2) is 6.51. The van der Waals surface area contributed by atoms with Gasteiger partial charge in [0.05, 0.1) is 17.4 Å². The van der Waals surface area contributed by atoms with Crippen LogP contribution in [0.4, 0.5) is 0 Å². The van der Waals surface area contributed by atoms with E-state index in [1.54, 1.807) is 24.3 Å². The molecule has 1 aromatic carbocycles. The van der Waals surface area contributed by atoms with Gasteiger partial charge in [-0.05, 0) is 18.2 Å². The third-order valence-electron chi connectivity index (χ3n) is 2.76. The van der Waals surface area contributed by atoms with Crippen LogP contribution >= 0.6 is 0 Å². The van der Waals surface area contributed by atoms with Crippen LogP contribution in [-0.2, 0) is 9.59 Å². The van der Waals surface area contributed by atoms with Crippen LogP contribution < -0.4 is 10.7 Å². The molecule has 2 N–H and O–H groups in total. The summed E-state index contributed by atoms with van der Waals surface area (Å²) in [6.07, 6.45) is 3.64. The predicted molar refractivity (Wildman–Crippen MR) is 76.8 cm³/mol. The molecule has 6 nitrogen and oxygen atoms in total. The molecule has 2 aromatic rings. The number of nitrogens with one attached hydrogen (secondary N) is 1. The molecule has 108 valence electrons. The molecule has 6 heteroatoms. The number of carbonyl (C=O) groups is 2. The van der Waals surface area contributed by atoms with Crippen molar-refractivity contribution in [2.24, 2.45) is 0 Å². The summed E-state index contributed by atoms with van der Waals surface area (Å²) in [6.45, 7) is 0.0326. The number of fused-ring (bicyclic) bond motifs is 1. The second-order valence-electron chi connectivity index (χ2n) is 4.28. The smallest absolute Gasteiger partial charge is 0.305 e. The summed E-state index contributed by atoms with van der Waals surface area (Å²) in [6, 6.07) is 6.82. The standard InChI is InChI=1S/C15H13NO5/c17-13(16-8-7-14(18)19)6-5-10-9-21-12-4-2-1-3-11(12)15(10)20/h1-6,9H,7-8H2,(H,16,17)(H,18,19)/b6-5+. The van der Waals surface area contributed by atoms with Gasteiger partial charge in [-0.1, -0.05) is 12.1 Å². The molecule has 0 radical (unpaired) electrons. The minimum Gasteiger partial charge on any atom is -0.481 e. The number of carboxylic acid groups (broad SMARTS) is 1. The molecule has 1 aromatic heterocycles. The van der Waals surface area contributed by atoms with Gasteiger partial charge in [-0.2, -0.15) is 0 Å². The number of benzene rings is 1. The maximum absolute atomic E-state index is 12.1. The monoisotopic (exact) mass is 287 g/mol. The summed E-state index contributed by atoms with van der Waals surface area (Å²) in [5.74, 6) is -1.46. The Hall–Kier alpha value is -2.89. The fourth-order valence-electron chi connectivity index (χ4n) is 1.72. The van der Waals surface area contributed by atoms with Gasteiger partial charge in [-0.15, -0.1) is 0 Å². The molecule has 0 saturated heterocycles. The third-order valence-corrected chi connectivity index (χ3v) is 2.76. The summed E-state index contributed by atoms with van der Waals surface area (Å²) >= 11 is 0. The van der Waals surface area contributed by atoms with Crippen LogP contribution in [0, 0.1) is 0 Å². The number of rotatable bonds is 5. The second-order valence-corrected chi connectivity index (χ2v) is 4.28. The molecule has 21 heavy (non-hydrogen) atoms. The third kappa shape index (κ3) is 3.79. The van der Waals surface area contributed by atoms with Crippen molar-refractivity contribution < 1.29 is 19.1 Å². The van der Waals surface area contributed by atoms with Crippen molar-refractivity contribution in [2.45, 2.75) is 6.42 Å². The number of para-hydroxylation sites is 1. The maximum Gasteiger partial charge on any atom is 0.305 e. The Bertz CT molecular complexity index is 760. The van der Waals surface area contributed by atoms with Crippen LogP contribution in [-0.4, -0.2) is 23.5 Å². The first-order valence-corrected chi connectivity index (χ1v) is 6.26. The Morgan fingerprint density at radius 3 is 2.81 bits per heavy atom. The van der Waals surface area contributed by atoms with E-state index in [-0.39, 0.29) is 24.0 Å². The van der Waals surface area contributed by atoms with Crippen LogP contribution in [0.2, 0.25) is 0 Å². The lowest BCUT2D eigenvalue weighted by molar-refractivity contribution is -0.136. The van der Waals surface area contributed by atoms with E-state index < -0.39 is 11.9 Å². The fourth-order valence-corrected chi connectivity index (χ4v) is 1.72. The van der Waals surface area contributed by atoms with Crippen molar-refractivity contribution in [3.63, 3.8) is 0 Å². The minimum atomic E-state index is -0.991. The van der Waals surface area contributed by atoms with Crippen LogP contribution in [0.5, 0.6) is 0 Å². The summed E-state index contributed by atoms with van der Waals surface area (Å²) in [7, 11) is 0. The Labute approximate surface area is 119 Å². The van der Waals surface area contributed by atoms with Crippen molar-refractivity contribution in [1.82, 2.24) is 5.32 Å². The molecule has 0 aliphatic rings. The quantitative estimate of drug-likeness (QED) is 0.810. The van der Waals surface area contributed by atoms with E-state index in [0.717, 1.165) is 0 Å². The average molecular weight is 287 g/mol. The topological polar surface area (TPSA) is 96.6 Å². The highest BCUT2D eigenvalue weighted by Crippen LogP contribution is 2.10. The zero-order chi connectivity index (χ0) is 15.2. The molecular formula is C15H13NO5. The van der Waals surface area contributed by atoms with Gasteiger partial charge in [0.1, 0.15) is 11.8 Å². The molecule has 0 fully saturated rings. The van der Waals surface area contributed by atoms with Crippen LogP contribution in [0.15, 0.2) is 45.8 Å². The number of amides is 1. The Morgan fingerprint density at radius 1 is 1.29 bits per heavy atom. The van der Waals surface area contributed by atoms with E-state index in [1.807, 2.05) is 0 Å². The number of aliphatic carboxylic acids is 1. The maximum atomic E-state index is 12.1. The van der Waals surface area contributed by atoms with Gasteiger partial charge in [-0.25, -0.2) is 0 Å². The van der Waals surface area contributed by atoms with Gasteiger partial charge in [0.15, 0.2) is 5.43 Å². The lowest BCUT2D eigenvalue weighted by Crippen LogP contribution is -2.24. The lowest BCUT2D eigenvalue weighted by atomic mass is 10.1. The normalized spacial score (nSPS) is 10.9. The van der Waals surface area contributed by atoms with Crippen molar-refractivity contribution in [1.29, 1.82) is 0 Å². The van der Waals surface area contributed by atoms with Gasteiger partial charge in [0, 0.05) is 12.6 Å². The van der Waals surface area contributed by atoms with Gasteiger partial charge < -0.3 is 14.8 Å². The van der Waals surface area contributed by atoms with Crippen LogP contribution in [0.1, 0.15) is 12.0 Å². The first kappa shape index (κ1) is 14.5. The molecule has 0 bridgehead atoms. The van der Waals surface area contributed by atoms with E-state index in [1.165, 1.54) is 18.4 Å². The lowest BCUT2D eigenvalue weighted by Gasteiger charge is -1.99. The average Bonchev–Trinajstić information content (AvgIpc) is 2.46. The zero-order valence-corrected chi connectivity index (χ0v) is 11.0. The molecule has 0 spiro atoms. The van der Waals surface area contributed by atoms with Gasteiger partial charge in [0.25, 0.3) is 0 Å². The Morgan fingerprint density at radius 2 is 2.05 bits per heavy atom. The molecule has 0 aliphatic heterocycles. The highest BCUT2D eigenvalue weighted by molar-refractivity contribution is 5.92. The first-order chi connectivity index (χ1) is 10.1. The number of hydrogen-bond acceptors (Lipinski definition) is 4. The highest BCUT2D eigenvalue weighted by atomic mass is 16.4. The van der Waals surface area contributed by atoms with Crippen molar-refractivity contribution >= 4 is 28.9 Å². The summed E-state index contributed by atoms with van der Waals surface area (Å²) in [5.41, 5.74) is 0.499. The van der Waals surface area contributed by atoms with E-state index >= 15 is 0 Å². The Balaban J connectivity index is 2.11. The van der Waals surface area contributed by atoms with Gasteiger partial charge in [-0.3, -0.25) is 14.4 Å². The van der Waals surface area contributed by atoms with E-state index in [0.29, 0.717) is 11.0 Å². The largest absolute Gasteiger partial charge is 0.481 e. The summed E-state index contributed by atoms with van der Waals surface area (Å²) in [5, 5.41) is 11.3. The molecule has 1 amide bonds. The molecule has 0 atom stereocenters. The van der Waals surface area contributed by atoms with E-state index in [9.17, 15) is 14.4 Å². The summed E-state index contributed by atoms with van der Waals surface area (Å²) < 4.78 is 5.31. The fraction of sp³-hybridized carbons (Fsp3) is 0.133. The highest BCUT2D eigenvalue weighted by Gasteiger charge is 2.04. The minimum absolute atomic E-state index is 0.0326. The van der Waals surface area contributed by atoms with Crippen LogP contribution in [0.25, 0.3) is 17.0 Å². The predicted octanol–water partition coefficient (Wildman–Crippen LogP) is 1.40. The molecule has 1 heterocycles. The zero-order valence-electron chi connectivity index (χ0n) is 11.0. The SMILES string of the molecule is O=C(O)CCNC(=O)/C=C/c1coc2ccccc2c1=O.